The maximum atomic E-state index is 12.1. The molecule has 346 valence electrons. The van der Waals surface area contributed by atoms with E-state index in [1.165, 1.54) is 18.3 Å². The number of rotatable bonds is 7. The molecule has 68 heavy (non-hydrogen) atoms. The van der Waals surface area contributed by atoms with Crippen molar-refractivity contribution >= 4 is 11.0 Å². The monoisotopic (exact) mass is 1090 g/mol. The fourth-order valence-corrected chi connectivity index (χ4v) is 8.55. The second-order valence-corrected chi connectivity index (χ2v) is 19.4. The SMILES string of the molecule is [2H]c1c([2H])c(C(C([2H])([2H])[2H])(C([2H])([2H])[2H])C([2H])([2H])[2H])c([2H])c([2H])c1-c1ccnc(-c2[c-]c(-c3cccc4c3nc(-c3cc(C)cc(C)c3O)n4-c3cc(-c4ccccc4)c(C([2H])([2H])[2H])cc3-c3ccc(C(C)(C)C)cc3)cc(C(C)(C)C)c2)c1.[Pt]. The molecule has 4 nitrogen and oxygen atoms in total. The molecule has 0 spiro atoms. The van der Waals surface area contributed by atoms with Crippen LogP contribution >= 0.6 is 0 Å². The molecule has 0 unspecified atom stereocenters. The van der Waals surface area contributed by atoms with Crippen LogP contribution in [-0.2, 0) is 37.3 Å². The molecule has 9 aromatic rings. The molecular formula is C63H62N3OPt-. The fourth-order valence-electron chi connectivity index (χ4n) is 8.55. The van der Waals surface area contributed by atoms with E-state index in [1.807, 2.05) is 142 Å². The minimum atomic E-state index is -3.84. The van der Waals surface area contributed by atoms with Gasteiger partial charge in [-0.25, -0.2) is 4.98 Å². The summed E-state index contributed by atoms with van der Waals surface area (Å²) in [5.41, 5.74) is 4.04. The third-order valence-corrected chi connectivity index (χ3v) is 12.2. The number of benzene rings is 7. The van der Waals surface area contributed by atoms with Crippen molar-refractivity contribution < 1.29 is 48.1 Å². The fraction of sp³-hybridized carbons (Fsp3) is 0.238. The van der Waals surface area contributed by atoms with E-state index in [4.69, 9.17) is 31.9 Å². The summed E-state index contributed by atoms with van der Waals surface area (Å²) in [7, 11) is 0. The molecule has 1 N–H and O–H groups in total. The Bertz CT molecular complexity index is 3950. The van der Waals surface area contributed by atoms with E-state index in [0.717, 1.165) is 22.3 Å². The molecule has 0 aliphatic heterocycles. The van der Waals surface area contributed by atoms with Crippen molar-refractivity contribution in [1.29, 1.82) is 0 Å². The summed E-state index contributed by atoms with van der Waals surface area (Å²) in [4.78, 5) is 10.2. The maximum Gasteiger partial charge on any atom is 0.148 e. The van der Waals surface area contributed by atoms with Crippen LogP contribution in [0.25, 0.3) is 83.9 Å². The Labute approximate surface area is 441 Å². The zero-order valence-electron chi connectivity index (χ0n) is 55.2. The van der Waals surface area contributed by atoms with Crippen LogP contribution in [0.5, 0.6) is 5.75 Å². The van der Waals surface area contributed by atoms with E-state index < -0.39 is 68.0 Å². The Morgan fingerprint density at radius 2 is 1.26 bits per heavy atom. The average Bonchev–Trinajstić information content (AvgIpc) is 0.920. The van der Waals surface area contributed by atoms with E-state index in [-0.39, 0.29) is 54.6 Å². The number of phenolic OH excluding ortho intramolecular Hbond substituents is 1. The Morgan fingerprint density at radius 3 is 1.94 bits per heavy atom. The summed E-state index contributed by atoms with van der Waals surface area (Å²) in [5, 5.41) is 12.1. The molecule has 0 bridgehead atoms. The predicted molar refractivity (Wildman–Crippen MR) is 282 cm³/mol. The van der Waals surface area contributed by atoms with Gasteiger partial charge < -0.3 is 5.11 Å². The first kappa shape index (κ1) is 31.6. The van der Waals surface area contributed by atoms with Gasteiger partial charge in [-0.3, -0.25) is 9.55 Å². The first-order valence-electron chi connectivity index (χ1n) is 30.2. The molecule has 2 heterocycles. The zero-order valence-corrected chi connectivity index (χ0v) is 41.5. The normalized spacial score (nSPS) is 16.2. The van der Waals surface area contributed by atoms with Gasteiger partial charge in [-0.15, -0.1) is 29.3 Å². The third-order valence-electron chi connectivity index (χ3n) is 12.2. The molecule has 0 amide bonds. The van der Waals surface area contributed by atoms with Crippen LogP contribution in [0.4, 0.5) is 0 Å². The van der Waals surface area contributed by atoms with E-state index in [9.17, 15) is 5.11 Å². The van der Waals surface area contributed by atoms with Crippen molar-refractivity contribution in [2.45, 2.75) is 99.0 Å². The van der Waals surface area contributed by atoms with Crippen LogP contribution in [0.2, 0.25) is 0 Å². The molecule has 9 rings (SSSR count). The Balaban J connectivity index is 0.00000920. The second-order valence-electron chi connectivity index (χ2n) is 19.4. The Morgan fingerprint density at radius 1 is 0.574 bits per heavy atom. The smallest absolute Gasteiger partial charge is 0.148 e. The van der Waals surface area contributed by atoms with E-state index >= 15 is 0 Å². The number of aromatic hydroxyl groups is 1. The number of pyridine rings is 1. The third kappa shape index (κ3) is 9.41. The topological polar surface area (TPSA) is 50.9 Å². The Hall–Kier alpha value is -6.35. The van der Waals surface area contributed by atoms with Crippen LogP contribution in [0, 0.1) is 26.8 Å². The van der Waals surface area contributed by atoms with Crippen molar-refractivity contribution in [2.75, 3.05) is 0 Å². The molecule has 7 aromatic carbocycles. The standard InChI is InChI=1S/C63H62N3O.Pt/c1-39-31-41(3)59(67)54(32-39)60-65-58-51(46-34-47(36-50(35-46)63(10,11)12)55-37-45(29-30-64-55)42-21-25-48(26-22-42)61(4,5)6)19-16-20-56(58)66(60)57-38-52(43-17-14-13-15-18-43)40(2)33-53(57)44-23-27-49(28-24-44)62(7,8)9;/h13-33,35-38,67H,1-12H3;/q-1;/i2D3,4D3,5D3,6D3,21D,22D,25D,26D;. The summed E-state index contributed by atoms with van der Waals surface area (Å²) < 4.78 is 139. The van der Waals surface area contributed by atoms with Gasteiger partial charge in [-0.1, -0.05) is 176 Å². The molecule has 0 saturated heterocycles. The summed E-state index contributed by atoms with van der Waals surface area (Å²) >= 11 is 0. The van der Waals surface area contributed by atoms with E-state index in [2.05, 4.69) is 26.8 Å². The largest absolute Gasteiger partial charge is 0.507 e. The number of imidazole rings is 1. The van der Waals surface area contributed by atoms with Gasteiger partial charge >= 0.3 is 0 Å². The van der Waals surface area contributed by atoms with Crippen molar-refractivity contribution in [1.82, 2.24) is 14.5 Å². The molecule has 0 fully saturated rings. The predicted octanol–water partition coefficient (Wildman–Crippen LogP) is 16.7. The minimum Gasteiger partial charge on any atom is -0.507 e. The van der Waals surface area contributed by atoms with Crippen LogP contribution in [0.15, 0.2) is 152 Å². The van der Waals surface area contributed by atoms with Crippen LogP contribution in [0.1, 0.15) is 117 Å². The van der Waals surface area contributed by atoms with Gasteiger partial charge in [0.05, 0.1) is 27.8 Å². The number of aryl methyl sites for hydroxylation is 3. The molecule has 0 saturated carbocycles. The quantitative estimate of drug-likeness (QED) is 0.162. The van der Waals surface area contributed by atoms with Crippen molar-refractivity contribution in [3.8, 4) is 78.6 Å². The molecule has 0 aliphatic rings. The number of nitrogens with zero attached hydrogens (tertiary/aromatic N) is 3. The maximum absolute atomic E-state index is 12.1. The molecular weight excluding hydrogens is 1010 g/mol. The zero-order chi connectivity index (χ0) is 61.1. The minimum absolute atomic E-state index is 0. The molecule has 0 radical (unpaired) electrons. The van der Waals surface area contributed by atoms with Gasteiger partial charge in [0.1, 0.15) is 11.6 Å². The van der Waals surface area contributed by atoms with Gasteiger partial charge in [-0.2, -0.15) is 0 Å². The van der Waals surface area contributed by atoms with Crippen LogP contribution < -0.4 is 0 Å². The van der Waals surface area contributed by atoms with Crippen molar-refractivity contribution in [3.63, 3.8) is 0 Å². The van der Waals surface area contributed by atoms with Crippen molar-refractivity contribution in [3.05, 3.63) is 191 Å². The van der Waals surface area contributed by atoms with Crippen LogP contribution in [0.3, 0.4) is 0 Å². The van der Waals surface area contributed by atoms with Crippen molar-refractivity contribution in [2.24, 2.45) is 0 Å². The molecule has 2 aromatic heterocycles. The van der Waals surface area contributed by atoms with E-state index in [1.54, 1.807) is 6.07 Å². The molecule has 0 aliphatic carbocycles. The van der Waals surface area contributed by atoms with Gasteiger partial charge in [-0.05, 0) is 123 Å². The summed E-state index contributed by atoms with van der Waals surface area (Å²) in [6, 6.07) is 36.9. The number of phenols is 1. The second kappa shape index (κ2) is 18.3. The summed E-state index contributed by atoms with van der Waals surface area (Å²) in [5.74, 6) is 0.371. The molecule has 0 atom stereocenters. The molecule has 5 heteroatoms. The first-order valence-corrected chi connectivity index (χ1v) is 22.2. The number of hydrogen-bond donors (Lipinski definition) is 1. The average molecular weight is 1090 g/mol. The Kier molecular flexibility index (Phi) is 8.51. The van der Waals surface area contributed by atoms with Crippen LogP contribution in [-0.4, -0.2) is 19.6 Å². The summed E-state index contributed by atoms with van der Waals surface area (Å²) in [6.07, 6.45) is 1.39. The van der Waals surface area contributed by atoms with Gasteiger partial charge in [0, 0.05) is 55.0 Å². The first-order chi connectivity index (χ1) is 38.4. The number of hydrogen-bond acceptors (Lipinski definition) is 3. The number of fused-ring (bicyclic) bond motifs is 1. The number of para-hydroxylation sites is 1. The number of aromatic nitrogens is 3. The van der Waals surface area contributed by atoms with Gasteiger partial charge in [0.25, 0.3) is 0 Å². The van der Waals surface area contributed by atoms with Gasteiger partial charge in [0.2, 0.25) is 0 Å². The summed E-state index contributed by atoms with van der Waals surface area (Å²) in [6.45, 7) is 2.16. The van der Waals surface area contributed by atoms with E-state index in [0.29, 0.717) is 67.1 Å². The van der Waals surface area contributed by atoms with Gasteiger partial charge in [0.15, 0.2) is 0 Å².